The number of hydrogen-bond donors (Lipinski definition) is 2. The van der Waals surface area contributed by atoms with Gasteiger partial charge in [-0.3, -0.25) is 4.98 Å². The maximum atomic E-state index is 13.0. The molecule has 8 heteroatoms. The Kier molecular flexibility index (Phi) is 3.57. The molecule has 0 saturated carbocycles. The molecule has 3 aromatic rings. The second-order valence-corrected chi connectivity index (χ2v) is 5.78. The van der Waals surface area contributed by atoms with Crippen molar-refractivity contribution in [2.45, 2.75) is 13.1 Å². The molecule has 0 bridgehead atoms. The van der Waals surface area contributed by atoms with Gasteiger partial charge in [0.1, 0.15) is 11.5 Å². The molecule has 2 aromatic heterocycles. The van der Waals surface area contributed by atoms with Gasteiger partial charge in [-0.2, -0.15) is 0 Å². The average Bonchev–Trinajstić information content (AvgIpc) is 3.19. The minimum Gasteiger partial charge on any atom is -0.380 e. The zero-order chi connectivity index (χ0) is 17.4. The van der Waals surface area contributed by atoms with Gasteiger partial charge in [0.05, 0.1) is 11.9 Å². The Balaban J connectivity index is 1.50. The standard InChI is InChI=1S/C17H15FN6O/c18-13-1-3-14(4-2-13)24-10-15(16(19)22-24)21-17(25)23-8-11-5-6-20-7-12(11)9-23/h1-7,10H,8-9H2,(H2,19,22)(H,21,25). The summed E-state index contributed by atoms with van der Waals surface area (Å²) < 4.78 is 14.5. The highest BCUT2D eigenvalue weighted by Gasteiger charge is 2.24. The number of anilines is 2. The Hall–Kier alpha value is -3.42. The molecule has 1 aliphatic heterocycles. The van der Waals surface area contributed by atoms with Gasteiger partial charge in [-0.15, -0.1) is 5.10 Å². The zero-order valence-corrected chi connectivity index (χ0v) is 13.2. The number of aromatic nitrogens is 3. The first-order chi connectivity index (χ1) is 12.1. The van der Waals surface area contributed by atoms with E-state index in [1.54, 1.807) is 35.6 Å². The van der Waals surface area contributed by atoms with Gasteiger partial charge < -0.3 is 16.0 Å². The van der Waals surface area contributed by atoms with E-state index in [9.17, 15) is 9.18 Å². The fourth-order valence-electron chi connectivity index (χ4n) is 2.77. The molecule has 0 radical (unpaired) electrons. The molecule has 126 valence electrons. The van der Waals surface area contributed by atoms with Gasteiger partial charge in [0, 0.05) is 25.5 Å². The highest BCUT2D eigenvalue weighted by molar-refractivity contribution is 5.92. The summed E-state index contributed by atoms with van der Waals surface area (Å²) in [6.45, 7) is 1.02. The fourth-order valence-corrected chi connectivity index (χ4v) is 2.77. The molecule has 0 aliphatic carbocycles. The first-order valence-electron chi connectivity index (χ1n) is 7.69. The molecule has 0 unspecified atom stereocenters. The van der Waals surface area contributed by atoms with Crippen molar-refractivity contribution in [1.82, 2.24) is 19.7 Å². The van der Waals surface area contributed by atoms with Crippen LogP contribution in [0, 0.1) is 5.82 Å². The fraction of sp³-hybridized carbons (Fsp3) is 0.118. The third kappa shape index (κ3) is 2.89. The van der Waals surface area contributed by atoms with E-state index in [4.69, 9.17) is 5.73 Å². The average molecular weight is 338 g/mol. The molecule has 0 fully saturated rings. The largest absolute Gasteiger partial charge is 0.380 e. The van der Waals surface area contributed by atoms with Crippen molar-refractivity contribution < 1.29 is 9.18 Å². The van der Waals surface area contributed by atoms with Gasteiger partial charge in [0.15, 0.2) is 5.82 Å². The number of amides is 2. The van der Waals surface area contributed by atoms with Crippen LogP contribution in [0.2, 0.25) is 0 Å². The van der Waals surface area contributed by atoms with E-state index in [1.807, 2.05) is 6.07 Å². The zero-order valence-electron chi connectivity index (χ0n) is 13.2. The molecular formula is C17H15FN6O. The molecule has 1 aliphatic rings. The summed E-state index contributed by atoms with van der Waals surface area (Å²) >= 11 is 0. The van der Waals surface area contributed by atoms with E-state index in [-0.39, 0.29) is 17.7 Å². The minimum atomic E-state index is -0.333. The van der Waals surface area contributed by atoms with Gasteiger partial charge >= 0.3 is 6.03 Å². The van der Waals surface area contributed by atoms with Crippen LogP contribution in [0.15, 0.2) is 48.9 Å². The number of hydrogen-bond acceptors (Lipinski definition) is 4. The number of urea groups is 1. The molecule has 25 heavy (non-hydrogen) atoms. The second-order valence-electron chi connectivity index (χ2n) is 5.78. The molecule has 1 aromatic carbocycles. The van der Waals surface area contributed by atoms with E-state index in [2.05, 4.69) is 15.4 Å². The van der Waals surface area contributed by atoms with Crippen molar-refractivity contribution in [3.63, 3.8) is 0 Å². The predicted molar refractivity (Wildman–Crippen MR) is 90.4 cm³/mol. The van der Waals surface area contributed by atoms with Crippen molar-refractivity contribution in [2.24, 2.45) is 0 Å². The number of nitrogens with zero attached hydrogens (tertiary/aromatic N) is 4. The van der Waals surface area contributed by atoms with Crippen molar-refractivity contribution in [3.05, 3.63) is 65.9 Å². The third-order valence-electron chi connectivity index (χ3n) is 4.09. The summed E-state index contributed by atoms with van der Waals surface area (Å²) in [6, 6.07) is 7.47. The number of benzene rings is 1. The smallest absolute Gasteiger partial charge is 0.322 e. The van der Waals surface area contributed by atoms with Crippen LogP contribution in [-0.2, 0) is 13.1 Å². The van der Waals surface area contributed by atoms with Gasteiger partial charge in [-0.25, -0.2) is 13.9 Å². The van der Waals surface area contributed by atoms with E-state index in [1.165, 1.54) is 16.8 Å². The van der Waals surface area contributed by atoms with Gasteiger partial charge in [-0.1, -0.05) is 0 Å². The summed E-state index contributed by atoms with van der Waals surface area (Å²) in [4.78, 5) is 18.2. The lowest BCUT2D eigenvalue weighted by molar-refractivity contribution is 0.212. The Bertz CT molecular complexity index is 912. The highest BCUT2D eigenvalue weighted by atomic mass is 19.1. The maximum absolute atomic E-state index is 13.0. The second kappa shape index (κ2) is 5.90. The summed E-state index contributed by atoms with van der Waals surface area (Å²) in [7, 11) is 0. The Morgan fingerprint density at radius 2 is 1.92 bits per heavy atom. The van der Waals surface area contributed by atoms with Gasteiger partial charge in [-0.05, 0) is 41.5 Å². The quantitative estimate of drug-likeness (QED) is 0.751. The first kappa shape index (κ1) is 15.1. The maximum Gasteiger partial charge on any atom is 0.322 e. The molecular weight excluding hydrogens is 323 g/mol. The normalized spacial score (nSPS) is 12.9. The topological polar surface area (TPSA) is 89.1 Å². The van der Waals surface area contributed by atoms with Gasteiger partial charge in [0.25, 0.3) is 0 Å². The molecule has 4 rings (SSSR count). The number of carbonyl (C=O) groups is 1. The van der Waals surface area contributed by atoms with Crippen LogP contribution in [0.1, 0.15) is 11.1 Å². The lowest BCUT2D eigenvalue weighted by atomic mass is 10.2. The lowest BCUT2D eigenvalue weighted by Gasteiger charge is -2.15. The summed E-state index contributed by atoms with van der Waals surface area (Å²) in [5.41, 5.74) is 9.06. The third-order valence-corrected chi connectivity index (χ3v) is 4.09. The van der Waals surface area contributed by atoms with Crippen LogP contribution in [-0.4, -0.2) is 25.7 Å². The number of fused-ring (bicyclic) bond motifs is 1. The van der Waals surface area contributed by atoms with Crippen LogP contribution < -0.4 is 11.1 Å². The summed E-state index contributed by atoms with van der Waals surface area (Å²) in [5, 5.41) is 6.93. The van der Waals surface area contributed by atoms with E-state index in [0.29, 0.717) is 24.5 Å². The van der Waals surface area contributed by atoms with Crippen molar-refractivity contribution in [1.29, 1.82) is 0 Å². The Morgan fingerprint density at radius 1 is 1.16 bits per heavy atom. The number of nitrogens with two attached hydrogens (primary N) is 1. The summed E-state index contributed by atoms with van der Waals surface area (Å²) in [6.07, 6.45) is 5.08. The van der Waals surface area contributed by atoms with Crippen LogP contribution in [0.3, 0.4) is 0 Å². The van der Waals surface area contributed by atoms with E-state index < -0.39 is 0 Å². The van der Waals surface area contributed by atoms with Gasteiger partial charge in [0.2, 0.25) is 0 Å². The van der Waals surface area contributed by atoms with Crippen LogP contribution in [0.5, 0.6) is 0 Å². The number of rotatable bonds is 2. The van der Waals surface area contributed by atoms with Crippen LogP contribution in [0.4, 0.5) is 20.7 Å². The molecule has 0 spiro atoms. The number of halogens is 1. The molecule has 0 atom stereocenters. The number of carbonyl (C=O) groups excluding carboxylic acids is 1. The Morgan fingerprint density at radius 3 is 2.68 bits per heavy atom. The van der Waals surface area contributed by atoms with Crippen molar-refractivity contribution >= 4 is 17.5 Å². The van der Waals surface area contributed by atoms with E-state index in [0.717, 1.165) is 11.1 Å². The lowest BCUT2D eigenvalue weighted by Crippen LogP contribution is -2.30. The highest BCUT2D eigenvalue weighted by Crippen LogP contribution is 2.24. The Labute approximate surface area is 142 Å². The molecule has 3 heterocycles. The molecule has 2 amide bonds. The predicted octanol–water partition coefficient (Wildman–Crippen LogP) is 2.54. The van der Waals surface area contributed by atoms with Crippen LogP contribution in [0.25, 0.3) is 5.69 Å². The molecule has 3 N–H and O–H groups in total. The minimum absolute atomic E-state index is 0.191. The van der Waals surface area contributed by atoms with E-state index >= 15 is 0 Å². The first-order valence-corrected chi connectivity index (χ1v) is 7.69. The number of nitrogens with one attached hydrogen (secondary N) is 1. The molecule has 0 saturated heterocycles. The van der Waals surface area contributed by atoms with Crippen LogP contribution >= 0.6 is 0 Å². The monoisotopic (exact) mass is 338 g/mol. The van der Waals surface area contributed by atoms with Crippen molar-refractivity contribution in [2.75, 3.05) is 11.1 Å². The SMILES string of the molecule is Nc1nn(-c2ccc(F)cc2)cc1NC(=O)N1Cc2ccncc2C1. The van der Waals surface area contributed by atoms with Crippen molar-refractivity contribution in [3.8, 4) is 5.69 Å². The number of nitrogen functional groups attached to an aromatic ring is 1. The molecule has 7 nitrogen and oxygen atoms in total. The summed E-state index contributed by atoms with van der Waals surface area (Å²) in [5.74, 6) is -0.142. The number of pyridine rings is 1.